The van der Waals surface area contributed by atoms with Gasteiger partial charge in [0, 0.05) is 30.4 Å². The Balaban J connectivity index is 3.21. The van der Waals surface area contributed by atoms with Gasteiger partial charge in [-0.05, 0) is 47.0 Å². The van der Waals surface area contributed by atoms with Crippen LogP contribution in [-0.4, -0.2) is 50.3 Å². The summed E-state index contributed by atoms with van der Waals surface area (Å²) in [5.74, 6) is 0.744. The Kier molecular flexibility index (Phi) is 6.30. The molecule has 0 aliphatic carbocycles. The largest absolute Gasteiger partial charge is 0.496 e. The van der Waals surface area contributed by atoms with Crippen molar-refractivity contribution in [3.05, 3.63) is 23.8 Å². The first-order valence-corrected chi connectivity index (χ1v) is 7.18. The van der Waals surface area contributed by atoms with Gasteiger partial charge in [0.2, 0.25) is 0 Å². The average Bonchev–Trinajstić information content (AvgIpc) is 2.37. The van der Waals surface area contributed by atoms with Crippen LogP contribution in [0.15, 0.2) is 18.2 Å². The summed E-state index contributed by atoms with van der Waals surface area (Å²) in [4.78, 5) is 4.49. The summed E-state index contributed by atoms with van der Waals surface area (Å²) in [7, 11) is 5.79. The molecule has 1 unspecified atom stereocenters. The zero-order valence-electron chi connectivity index (χ0n) is 13.6. The van der Waals surface area contributed by atoms with Crippen molar-refractivity contribution in [1.29, 1.82) is 0 Å². The number of rotatable bonds is 7. The minimum atomic E-state index is -0.554. The Morgan fingerprint density at radius 3 is 2.35 bits per heavy atom. The fourth-order valence-electron chi connectivity index (χ4n) is 2.73. The first-order valence-electron chi connectivity index (χ1n) is 7.18. The smallest absolute Gasteiger partial charge is 0.126 e. The highest BCUT2D eigenvalue weighted by Gasteiger charge is 2.21. The highest BCUT2D eigenvalue weighted by atomic mass is 16.5. The van der Waals surface area contributed by atoms with Crippen LogP contribution in [0.4, 0.5) is 5.69 Å². The van der Waals surface area contributed by atoms with Crippen molar-refractivity contribution in [3.8, 4) is 5.75 Å². The first-order chi connectivity index (χ1) is 9.42. The molecule has 0 heterocycles. The lowest BCUT2D eigenvalue weighted by molar-refractivity contribution is 0.194. The van der Waals surface area contributed by atoms with Gasteiger partial charge in [-0.1, -0.05) is 6.07 Å². The van der Waals surface area contributed by atoms with Crippen LogP contribution in [0.5, 0.6) is 5.75 Å². The molecule has 2 atom stereocenters. The molecule has 0 spiro atoms. The van der Waals surface area contributed by atoms with Crippen molar-refractivity contribution in [1.82, 2.24) is 4.90 Å². The van der Waals surface area contributed by atoms with Crippen LogP contribution in [0.2, 0.25) is 0 Å². The first kappa shape index (κ1) is 16.8. The van der Waals surface area contributed by atoms with E-state index >= 15 is 0 Å². The number of hydrogen-bond donors (Lipinski definition) is 1. The van der Waals surface area contributed by atoms with Gasteiger partial charge in [0.15, 0.2) is 0 Å². The van der Waals surface area contributed by atoms with Gasteiger partial charge in [-0.25, -0.2) is 0 Å². The Bertz CT molecular complexity index is 419. The fraction of sp³-hybridized carbons (Fsp3) is 0.625. The van der Waals surface area contributed by atoms with Crippen LogP contribution in [-0.2, 0) is 0 Å². The molecule has 4 heteroatoms. The number of likely N-dealkylation sites (N-methyl/N-ethyl adjacent to an activating group) is 2. The van der Waals surface area contributed by atoms with E-state index in [4.69, 9.17) is 4.74 Å². The van der Waals surface area contributed by atoms with E-state index in [2.05, 4.69) is 43.8 Å². The molecule has 1 rings (SSSR count). The molecule has 1 N–H and O–H groups in total. The van der Waals surface area contributed by atoms with Crippen molar-refractivity contribution in [2.24, 2.45) is 0 Å². The lowest BCUT2D eigenvalue weighted by Crippen LogP contribution is -2.40. The molecule has 0 aliphatic heterocycles. The molecule has 0 aliphatic rings. The maximum absolute atomic E-state index is 10.1. The summed E-state index contributed by atoms with van der Waals surface area (Å²) in [5.41, 5.74) is 1.92. The van der Waals surface area contributed by atoms with Crippen LogP contribution in [0.1, 0.15) is 32.4 Å². The topological polar surface area (TPSA) is 35.9 Å². The van der Waals surface area contributed by atoms with Crippen LogP contribution < -0.4 is 9.64 Å². The number of aliphatic hydroxyl groups excluding tert-OH is 1. The number of anilines is 1. The summed E-state index contributed by atoms with van der Waals surface area (Å²) in [6.07, 6.45) is -0.554. The predicted molar refractivity (Wildman–Crippen MR) is 84.7 cm³/mol. The zero-order chi connectivity index (χ0) is 15.3. The van der Waals surface area contributed by atoms with Gasteiger partial charge in [0.1, 0.15) is 5.75 Å². The molecule has 20 heavy (non-hydrogen) atoms. The summed E-state index contributed by atoms with van der Waals surface area (Å²) in [6, 6.07) is 6.29. The van der Waals surface area contributed by atoms with Gasteiger partial charge < -0.3 is 19.6 Å². The summed E-state index contributed by atoms with van der Waals surface area (Å²) in [5, 5.41) is 10.1. The second kappa shape index (κ2) is 7.50. The minimum absolute atomic E-state index is 0.361. The summed E-state index contributed by atoms with van der Waals surface area (Å²) < 4.78 is 5.41. The van der Waals surface area contributed by atoms with Gasteiger partial charge in [-0.3, -0.25) is 0 Å². The third-order valence-electron chi connectivity index (χ3n) is 3.49. The summed E-state index contributed by atoms with van der Waals surface area (Å²) >= 11 is 0. The maximum atomic E-state index is 10.1. The Labute approximate surface area is 123 Å². The minimum Gasteiger partial charge on any atom is -0.496 e. The standard InChI is InChI=1S/C16H28N2O2/c1-7-18(12(2)11-17(4)5)14-9-8-10-15(20-6)16(14)13(3)19/h8-10,12-13,19H,7,11H2,1-6H3/t12?,13-/m1/s1. The third kappa shape index (κ3) is 3.87. The molecule has 0 fully saturated rings. The van der Waals surface area contributed by atoms with Crippen molar-refractivity contribution in [3.63, 3.8) is 0 Å². The van der Waals surface area contributed by atoms with E-state index in [1.807, 2.05) is 12.1 Å². The number of nitrogens with zero attached hydrogens (tertiary/aromatic N) is 2. The van der Waals surface area contributed by atoms with E-state index in [-0.39, 0.29) is 0 Å². The Morgan fingerprint density at radius 2 is 1.90 bits per heavy atom. The van der Waals surface area contributed by atoms with E-state index < -0.39 is 6.10 Å². The van der Waals surface area contributed by atoms with Crippen LogP contribution in [0, 0.1) is 0 Å². The molecular formula is C16H28N2O2. The number of methoxy groups -OCH3 is 1. The number of aliphatic hydroxyl groups is 1. The van der Waals surface area contributed by atoms with Crippen molar-refractivity contribution < 1.29 is 9.84 Å². The molecule has 0 saturated carbocycles. The van der Waals surface area contributed by atoms with E-state index in [0.717, 1.165) is 30.1 Å². The Hall–Kier alpha value is -1.26. The Morgan fingerprint density at radius 1 is 1.25 bits per heavy atom. The number of benzene rings is 1. The number of hydrogen-bond acceptors (Lipinski definition) is 4. The van der Waals surface area contributed by atoms with Crippen LogP contribution in [0.25, 0.3) is 0 Å². The fourth-order valence-corrected chi connectivity index (χ4v) is 2.73. The molecule has 114 valence electrons. The highest BCUT2D eigenvalue weighted by molar-refractivity contribution is 5.61. The van der Waals surface area contributed by atoms with Crippen LogP contribution in [0.3, 0.4) is 0 Å². The second-order valence-corrected chi connectivity index (χ2v) is 5.47. The van der Waals surface area contributed by atoms with E-state index in [9.17, 15) is 5.11 Å². The molecule has 0 radical (unpaired) electrons. The zero-order valence-corrected chi connectivity index (χ0v) is 13.6. The SMILES string of the molecule is CCN(c1cccc(OC)c1[C@@H](C)O)C(C)CN(C)C. The summed E-state index contributed by atoms with van der Waals surface area (Å²) in [6.45, 7) is 7.98. The average molecular weight is 280 g/mol. The van der Waals surface area contributed by atoms with Gasteiger partial charge in [-0.2, -0.15) is 0 Å². The third-order valence-corrected chi connectivity index (χ3v) is 3.49. The highest BCUT2D eigenvalue weighted by Crippen LogP contribution is 2.35. The predicted octanol–water partition coefficient (Wildman–Crippen LogP) is 2.52. The van der Waals surface area contributed by atoms with Crippen LogP contribution >= 0.6 is 0 Å². The molecule has 0 aromatic heterocycles. The second-order valence-electron chi connectivity index (χ2n) is 5.47. The van der Waals surface area contributed by atoms with Crippen molar-refractivity contribution >= 4 is 5.69 Å². The van der Waals surface area contributed by atoms with E-state index in [0.29, 0.717) is 6.04 Å². The van der Waals surface area contributed by atoms with E-state index in [1.54, 1.807) is 14.0 Å². The molecule has 0 amide bonds. The van der Waals surface area contributed by atoms with Gasteiger partial charge in [-0.15, -0.1) is 0 Å². The normalized spacial score (nSPS) is 14.2. The number of ether oxygens (including phenoxy) is 1. The quantitative estimate of drug-likeness (QED) is 0.832. The molecule has 4 nitrogen and oxygen atoms in total. The maximum Gasteiger partial charge on any atom is 0.126 e. The van der Waals surface area contributed by atoms with Crippen molar-refractivity contribution in [2.75, 3.05) is 39.2 Å². The van der Waals surface area contributed by atoms with Gasteiger partial charge in [0.25, 0.3) is 0 Å². The monoisotopic (exact) mass is 280 g/mol. The van der Waals surface area contributed by atoms with Crippen molar-refractivity contribution in [2.45, 2.75) is 32.9 Å². The molecular weight excluding hydrogens is 252 g/mol. The van der Waals surface area contributed by atoms with E-state index in [1.165, 1.54) is 0 Å². The molecule has 1 aromatic carbocycles. The molecule has 0 saturated heterocycles. The van der Waals surface area contributed by atoms with Gasteiger partial charge in [0.05, 0.1) is 13.2 Å². The molecule has 0 bridgehead atoms. The lowest BCUT2D eigenvalue weighted by Gasteiger charge is -2.34. The van der Waals surface area contributed by atoms with Gasteiger partial charge >= 0.3 is 0 Å². The lowest BCUT2D eigenvalue weighted by atomic mass is 10.0. The molecule has 1 aromatic rings.